The van der Waals surface area contributed by atoms with Crippen molar-refractivity contribution in [3.8, 4) is 0 Å². The minimum Gasteiger partial charge on any atom is -0.357 e. The van der Waals surface area contributed by atoms with Crippen molar-refractivity contribution in [3.05, 3.63) is 47.1 Å². The number of hydrogen-bond donors (Lipinski definition) is 2. The Morgan fingerprint density at radius 3 is 2.64 bits per heavy atom. The fourth-order valence-electron chi connectivity index (χ4n) is 1.87. The third-order valence-corrected chi connectivity index (χ3v) is 3.00. The van der Waals surface area contributed by atoms with E-state index in [1.54, 1.807) is 6.92 Å². The molecule has 0 fully saturated rings. The standard InChI is InChI=1S/C15H21N5O.HI/c1-4-16-15(18-10-14-19-12(3)21-20-14)17-9-13-8-6-5-7-11(13)2;/h5-8H,4,9-10H2,1-3H3,(H2,16,17,18);1H. The summed E-state index contributed by atoms with van der Waals surface area (Å²) in [6.45, 7) is 7.81. The zero-order valence-corrected chi connectivity index (χ0v) is 15.4. The molecule has 0 bridgehead atoms. The maximum absolute atomic E-state index is 4.94. The molecule has 0 aliphatic rings. The van der Waals surface area contributed by atoms with Gasteiger partial charge in [0.15, 0.2) is 11.8 Å². The van der Waals surface area contributed by atoms with Gasteiger partial charge in [-0.25, -0.2) is 4.99 Å². The van der Waals surface area contributed by atoms with E-state index in [0.29, 0.717) is 24.8 Å². The predicted molar refractivity (Wildman–Crippen MR) is 97.3 cm³/mol. The highest BCUT2D eigenvalue weighted by Gasteiger charge is 2.04. The number of halogens is 1. The summed E-state index contributed by atoms with van der Waals surface area (Å²) in [6, 6.07) is 8.24. The van der Waals surface area contributed by atoms with Crippen LogP contribution in [0, 0.1) is 13.8 Å². The van der Waals surface area contributed by atoms with Crippen LogP contribution in [0.4, 0.5) is 0 Å². The molecule has 2 aromatic rings. The zero-order valence-electron chi connectivity index (χ0n) is 13.1. The van der Waals surface area contributed by atoms with Crippen LogP contribution >= 0.6 is 24.0 Å². The molecule has 2 N–H and O–H groups in total. The monoisotopic (exact) mass is 415 g/mol. The van der Waals surface area contributed by atoms with Gasteiger partial charge >= 0.3 is 0 Å². The molecule has 1 heterocycles. The molecule has 1 aromatic heterocycles. The maximum atomic E-state index is 4.94. The van der Waals surface area contributed by atoms with Gasteiger partial charge in [0.2, 0.25) is 5.89 Å². The molecule has 0 aliphatic carbocycles. The number of benzene rings is 1. The van der Waals surface area contributed by atoms with Crippen molar-refractivity contribution in [2.75, 3.05) is 6.54 Å². The van der Waals surface area contributed by atoms with Gasteiger partial charge in [0.25, 0.3) is 0 Å². The summed E-state index contributed by atoms with van der Waals surface area (Å²) >= 11 is 0. The van der Waals surface area contributed by atoms with Gasteiger partial charge in [-0.05, 0) is 25.0 Å². The third kappa shape index (κ3) is 5.63. The molecule has 7 heteroatoms. The first-order valence-corrected chi connectivity index (χ1v) is 7.05. The van der Waals surface area contributed by atoms with Gasteiger partial charge in [0, 0.05) is 13.5 Å². The van der Waals surface area contributed by atoms with Crippen molar-refractivity contribution >= 4 is 29.9 Å². The SMILES string of the molecule is CCNC(=NCc1ccccc1C)NCc1noc(C)n1.I. The van der Waals surface area contributed by atoms with E-state index >= 15 is 0 Å². The van der Waals surface area contributed by atoms with Gasteiger partial charge in [0.1, 0.15) is 0 Å². The minimum atomic E-state index is 0. The molecule has 6 nitrogen and oxygen atoms in total. The fourth-order valence-corrected chi connectivity index (χ4v) is 1.87. The number of aliphatic imine (C=N–C) groups is 1. The van der Waals surface area contributed by atoms with E-state index in [9.17, 15) is 0 Å². The Balaban J connectivity index is 0.00000242. The van der Waals surface area contributed by atoms with E-state index in [2.05, 4.69) is 44.8 Å². The van der Waals surface area contributed by atoms with E-state index in [1.165, 1.54) is 11.1 Å². The molecule has 120 valence electrons. The van der Waals surface area contributed by atoms with Crippen molar-refractivity contribution in [3.63, 3.8) is 0 Å². The Labute approximate surface area is 147 Å². The zero-order chi connectivity index (χ0) is 15.1. The molecule has 0 amide bonds. The van der Waals surface area contributed by atoms with E-state index in [4.69, 9.17) is 4.52 Å². The van der Waals surface area contributed by atoms with E-state index < -0.39 is 0 Å². The average molecular weight is 415 g/mol. The summed E-state index contributed by atoms with van der Waals surface area (Å²) in [4.78, 5) is 8.73. The summed E-state index contributed by atoms with van der Waals surface area (Å²) in [6.07, 6.45) is 0. The van der Waals surface area contributed by atoms with Gasteiger partial charge in [-0.15, -0.1) is 24.0 Å². The Morgan fingerprint density at radius 2 is 2.00 bits per heavy atom. The number of nitrogens with one attached hydrogen (secondary N) is 2. The van der Waals surface area contributed by atoms with E-state index in [1.807, 2.05) is 19.1 Å². The van der Waals surface area contributed by atoms with E-state index in [-0.39, 0.29) is 24.0 Å². The molecule has 1 aromatic carbocycles. The molecule has 0 atom stereocenters. The van der Waals surface area contributed by atoms with Gasteiger partial charge in [-0.3, -0.25) is 0 Å². The van der Waals surface area contributed by atoms with Crippen molar-refractivity contribution in [1.29, 1.82) is 0 Å². The van der Waals surface area contributed by atoms with Crippen LogP contribution in [0.1, 0.15) is 29.8 Å². The second-order valence-electron chi connectivity index (χ2n) is 4.70. The normalized spacial score (nSPS) is 11.0. The van der Waals surface area contributed by atoms with Crippen LogP contribution in [0.5, 0.6) is 0 Å². The summed E-state index contributed by atoms with van der Waals surface area (Å²) < 4.78 is 4.94. The number of aryl methyl sites for hydroxylation is 2. The topological polar surface area (TPSA) is 75.3 Å². The lowest BCUT2D eigenvalue weighted by molar-refractivity contribution is 0.387. The number of aromatic nitrogens is 2. The summed E-state index contributed by atoms with van der Waals surface area (Å²) in [5, 5.41) is 10.2. The van der Waals surface area contributed by atoms with Gasteiger partial charge in [-0.2, -0.15) is 4.98 Å². The Hall–Kier alpha value is -1.64. The van der Waals surface area contributed by atoms with Crippen molar-refractivity contribution in [2.45, 2.75) is 33.9 Å². The first kappa shape index (κ1) is 18.4. The third-order valence-electron chi connectivity index (χ3n) is 3.00. The first-order valence-electron chi connectivity index (χ1n) is 7.05. The number of guanidine groups is 1. The molecule has 2 rings (SSSR count). The summed E-state index contributed by atoms with van der Waals surface area (Å²) in [7, 11) is 0. The van der Waals surface area contributed by atoms with E-state index in [0.717, 1.165) is 12.5 Å². The smallest absolute Gasteiger partial charge is 0.223 e. The number of hydrogen-bond acceptors (Lipinski definition) is 4. The second-order valence-corrected chi connectivity index (χ2v) is 4.70. The molecule has 0 saturated heterocycles. The Kier molecular flexibility index (Phi) is 7.86. The lowest BCUT2D eigenvalue weighted by Gasteiger charge is -2.10. The average Bonchev–Trinajstić information content (AvgIpc) is 2.89. The van der Waals surface area contributed by atoms with Crippen LogP contribution in [-0.4, -0.2) is 22.6 Å². The van der Waals surface area contributed by atoms with Crippen molar-refractivity contribution in [1.82, 2.24) is 20.8 Å². The lowest BCUT2D eigenvalue weighted by atomic mass is 10.1. The molecular weight excluding hydrogens is 393 g/mol. The second kappa shape index (κ2) is 9.39. The highest BCUT2D eigenvalue weighted by atomic mass is 127. The molecule has 0 spiro atoms. The van der Waals surface area contributed by atoms with Crippen LogP contribution in [0.3, 0.4) is 0 Å². The number of nitrogens with zero attached hydrogens (tertiary/aromatic N) is 3. The fraction of sp³-hybridized carbons (Fsp3) is 0.400. The highest BCUT2D eigenvalue weighted by Crippen LogP contribution is 2.07. The molecular formula is C15H22IN5O. The number of rotatable bonds is 5. The predicted octanol–water partition coefficient (Wildman–Crippen LogP) is 2.56. The molecule has 0 saturated carbocycles. The van der Waals surface area contributed by atoms with Crippen LogP contribution in [0.2, 0.25) is 0 Å². The van der Waals surface area contributed by atoms with Gasteiger partial charge in [0.05, 0.1) is 13.1 Å². The van der Waals surface area contributed by atoms with Crippen LogP contribution in [-0.2, 0) is 13.1 Å². The highest BCUT2D eigenvalue weighted by molar-refractivity contribution is 14.0. The van der Waals surface area contributed by atoms with Gasteiger partial charge in [-0.1, -0.05) is 29.4 Å². The quantitative estimate of drug-likeness (QED) is 0.446. The molecule has 0 aliphatic heterocycles. The molecule has 22 heavy (non-hydrogen) atoms. The van der Waals surface area contributed by atoms with Crippen LogP contribution in [0.25, 0.3) is 0 Å². The lowest BCUT2D eigenvalue weighted by Crippen LogP contribution is -2.37. The minimum absolute atomic E-state index is 0. The molecule has 0 unspecified atom stereocenters. The van der Waals surface area contributed by atoms with Crippen molar-refractivity contribution < 1.29 is 4.52 Å². The Morgan fingerprint density at radius 1 is 1.23 bits per heavy atom. The van der Waals surface area contributed by atoms with Crippen molar-refractivity contribution in [2.24, 2.45) is 4.99 Å². The van der Waals surface area contributed by atoms with Crippen LogP contribution in [0.15, 0.2) is 33.8 Å². The summed E-state index contributed by atoms with van der Waals surface area (Å²) in [5.41, 5.74) is 2.45. The Bertz CT molecular complexity index is 611. The first-order chi connectivity index (χ1) is 10.2. The largest absolute Gasteiger partial charge is 0.357 e. The summed E-state index contributed by atoms with van der Waals surface area (Å²) in [5.74, 6) is 1.92. The maximum Gasteiger partial charge on any atom is 0.223 e. The van der Waals surface area contributed by atoms with Gasteiger partial charge < -0.3 is 15.2 Å². The molecule has 0 radical (unpaired) electrons. The van der Waals surface area contributed by atoms with Crippen LogP contribution < -0.4 is 10.6 Å².